The van der Waals surface area contributed by atoms with Crippen LogP contribution in [-0.2, 0) is 11.4 Å². The third-order valence-corrected chi connectivity index (χ3v) is 8.77. The van der Waals surface area contributed by atoms with Crippen molar-refractivity contribution in [3.63, 3.8) is 0 Å². The number of aromatic carboxylic acids is 1. The van der Waals surface area contributed by atoms with E-state index < -0.39 is 12.0 Å². The Hall–Kier alpha value is -5.16. The van der Waals surface area contributed by atoms with E-state index in [2.05, 4.69) is 0 Å². The molecule has 1 aliphatic heterocycles. The molecule has 0 unspecified atom stereocenters. The SMILES string of the molecule is CCN(CC)C(=O)C1=C(C)N=c2s/c(=C/c3ccc(OCc4cccc(C(=O)O)c4)c(OC)c3)c(=O)n2[C@@H]1c1ccccc1OC. The molecular formula is C35H35N3O7S. The molecule has 5 rings (SSSR count). The molecule has 1 aromatic heterocycles. The van der Waals surface area contributed by atoms with E-state index in [4.69, 9.17) is 19.2 Å². The summed E-state index contributed by atoms with van der Waals surface area (Å²) in [5.74, 6) is 0.298. The Morgan fingerprint density at radius 1 is 0.978 bits per heavy atom. The molecule has 1 aliphatic rings. The molecule has 10 nitrogen and oxygen atoms in total. The van der Waals surface area contributed by atoms with E-state index >= 15 is 0 Å². The van der Waals surface area contributed by atoms with Crippen molar-refractivity contribution in [1.29, 1.82) is 0 Å². The van der Waals surface area contributed by atoms with Crippen molar-refractivity contribution in [1.82, 2.24) is 9.47 Å². The molecule has 1 amide bonds. The minimum atomic E-state index is -1.01. The quantitative estimate of drug-likeness (QED) is 0.258. The van der Waals surface area contributed by atoms with Gasteiger partial charge in [-0.2, -0.15) is 0 Å². The molecule has 11 heteroatoms. The van der Waals surface area contributed by atoms with Crippen LogP contribution in [0.4, 0.5) is 0 Å². The maximum Gasteiger partial charge on any atom is 0.335 e. The molecule has 0 spiro atoms. The van der Waals surface area contributed by atoms with Crippen LogP contribution in [-0.4, -0.2) is 53.8 Å². The Bertz CT molecular complexity index is 2010. The number of nitrogens with zero attached hydrogens (tertiary/aromatic N) is 3. The Morgan fingerprint density at radius 2 is 1.72 bits per heavy atom. The summed E-state index contributed by atoms with van der Waals surface area (Å²) in [6.45, 7) is 6.83. The number of likely N-dealkylation sites (N-methyl/N-ethyl adjacent to an activating group) is 1. The van der Waals surface area contributed by atoms with Crippen LogP contribution in [0.5, 0.6) is 17.2 Å². The number of methoxy groups -OCH3 is 2. The number of benzene rings is 3. The maximum atomic E-state index is 14.1. The molecule has 4 aromatic rings. The number of para-hydroxylation sites is 1. The van der Waals surface area contributed by atoms with Gasteiger partial charge in [-0.15, -0.1) is 0 Å². The van der Waals surface area contributed by atoms with E-state index in [1.807, 2.05) is 44.2 Å². The van der Waals surface area contributed by atoms with Crippen LogP contribution >= 0.6 is 11.3 Å². The van der Waals surface area contributed by atoms with Gasteiger partial charge in [0.25, 0.3) is 11.5 Å². The first-order valence-electron chi connectivity index (χ1n) is 14.8. The Balaban J connectivity index is 1.55. The third kappa shape index (κ3) is 6.32. The van der Waals surface area contributed by atoms with Crippen molar-refractivity contribution >= 4 is 29.3 Å². The number of allylic oxidation sites excluding steroid dienone is 1. The van der Waals surface area contributed by atoms with Crippen molar-refractivity contribution in [3.05, 3.63) is 120 Å². The van der Waals surface area contributed by atoms with Crippen LogP contribution in [0, 0.1) is 0 Å². The predicted octanol–water partition coefficient (Wildman–Crippen LogP) is 4.40. The van der Waals surface area contributed by atoms with Crippen LogP contribution < -0.4 is 29.1 Å². The number of carbonyl (C=O) groups is 2. The monoisotopic (exact) mass is 641 g/mol. The lowest BCUT2D eigenvalue weighted by Crippen LogP contribution is -2.43. The topological polar surface area (TPSA) is 120 Å². The molecule has 1 atom stereocenters. The Labute approximate surface area is 270 Å². The highest BCUT2D eigenvalue weighted by atomic mass is 32.1. The summed E-state index contributed by atoms with van der Waals surface area (Å²) >= 11 is 1.24. The standard InChI is InChI=1S/C35H35N3O7S/c1-6-37(7-2)33(40)30-21(3)36-35-38(31(30)25-13-8-9-14-26(25)43-4)32(39)29(46-35)19-22-15-16-27(28(18-22)44-5)45-20-23-11-10-12-24(17-23)34(41)42/h8-19,31H,6-7,20H2,1-5H3,(H,41,42)/b29-19+/t31-/m1/s1. The first-order valence-corrected chi connectivity index (χ1v) is 15.6. The lowest BCUT2D eigenvalue weighted by Gasteiger charge is -2.29. The number of rotatable bonds is 11. The van der Waals surface area contributed by atoms with Gasteiger partial charge in [0, 0.05) is 18.7 Å². The largest absolute Gasteiger partial charge is 0.496 e. The minimum absolute atomic E-state index is 0.145. The zero-order chi connectivity index (χ0) is 33.0. The molecule has 3 aromatic carbocycles. The molecular weight excluding hydrogens is 606 g/mol. The average Bonchev–Trinajstić information content (AvgIpc) is 3.37. The van der Waals surface area contributed by atoms with E-state index in [1.54, 1.807) is 59.9 Å². The Kier molecular flexibility index (Phi) is 9.72. The number of thiazole rings is 1. The van der Waals surface area contributed by atoms with Gasteiger partial charge in [-0.05, 0) is 68.3 Å². The number of aromatic nitrogens is 1. The first kappa shape index (κ1) is 32.2. The van der Waals surface area contributed by atoms with Gasteiger partial charge in [0.05, 0.1) is 35.6 Å². The fourth-order valence-electron chi connectivity index (χ4n) is 5.46. The molecule has 0 bridgehead atoms. The number of hydrogen-bond donors (Lipinski definition) is 1. The molecule has 46 heavy (non-hydrogen) atoms. The molecule has 1 N–H and O–H groups in total. The van der Waals surface area contributed by atoms with Crippen molar-refractivity contribution in [3.8, 4) is 17.2 Å². The molecule has 0 saturated carbocycles. The van der Waals surface area contributed by atoms with Gasteiger partial charge in [-0.1, -0.05) is 47.7 Å². The van der Waals surface area contributed by atoms with E-state index in [9.17, 15) is 19.5 Å². The molecule has 0 radical (unpaired) electrons. The van der Waals surface area contributed by atoms with Crippen LogP contribution in [0.2, 0.25) is 0 Å². The number of hydrogen-bond acceptors (Lipinski definition) is 8. The molecule has 0 aliphatic carbocycles. The highest BCUT2D eigenvalue weighted by molar-refractivity contribution is 7.07. The van der Waals surface area contributed by atoms with Crippen molar-refractivity contribution in [2.24, 2.45) is 4.99 Å². The number of carboxylic acids is 1. The van der Waals surface area contributed by atoms with E-state index in [1.165, 1.54) is 24.5 Å². The van der Waals surface area contributed by atoms with Crippen molar-refractivity contribution < 1.29 is 28.9 Å². The van der Waals surface area contributed by atoms with Gasteiger partial charge in [-0.3, -0.25) is 14.2 Å². The lowest BCUT2D eigenvalue weighted by atomic mass is 9.94. The van der Waals surface area contributed by atoms with Crippen LogP contribution in [0.3, 0.4) is 0 Å². The summed E-state index contributed by atoms with van der Waals surface area (Å²) in [5.41, 5.74) is 2.98. The van der Waals surface area contributed by atoms with E-state index in [-0.39, 0.29) is 23.6 Å². The highest BCUT2D eigenvalue weighted by Crippen LogP contribution is 2.36. The van der Waals surface area contributed by atoms with Gasteiger partial charge in [0.1, 0.15) is 18.4 Å². The lowest BCUT2D eigenvalue weighted by molar-refractivity contribution is -0.127. The highest BCUT2D eigenvalue weighted by Gasteiger charge is 2.35. The van der Waals surface area contributed by atoms with Gasteiger partial charge in [0.15, 0.2) is 16.3 Å². The van der Waals surface area contributed by atoms with Crippen molar-refractivity contribution in [2.45, 2.75) is 33.4 Å². The summed E-state index contributed by atoms with van der Waals surface area (Å²) in [6.07, 6.45) is 1.76. The number of carboxylic acid groups (broad SMARTS) is 1. The zero-order valence-corrected chi connectivity index (χ0v) is 27.1. The van der Waals surface area contributed by atoms with Crippen molar-refractivity contribution in [2.75, 3.05) is 27.3 Å². The molecule has 0 saturated heterocycles. The first-order chi connectivity index (χ1) is 22.2. The number of fused-ring (bicyclic) bond motifs is 1. The summed E-state index contributed by atoms with van der Waals surface area (Å²) in [7, 11) is 3.09. The second kappa shape index (κ2) is 13.9. The van der Waals surface area contributed by atoms with E-state index in [0.717, 1.165) is 0 Å². The Morgan fingerprint density at radius 3 is 2.41 bits per heavy atom. The number of carbonyl (C=O) groups excluding carboxylic acids is 1. The molecule has 0 fully saturated rings. The van der Waals surface area contributed by atoms with E-state index in [0.29, 0.717) is 67.6 Å². The fourth-order valence-corrected chi connectivity index (χ4v) is 6.51. The average molecular weight is 642 g/mol. The molecule has 2 heterocycles. The zero-order valence-electron chi connectivity index (χ0n) is 26.3. The minimum Gasteiger partial charge on any atom is -0.496 e. The molecule has 238 valence electrons. The second-order valence-corrected chi connectivity index (χ2v) is 11.5. The summed E-state index contributed by atoms with van der Waals surface area (Å²) in [5, 5.41) is 9.27. The number of amides is 1. The van der Waals surface area contributed by atoms with Crippen LogP contribution in [0.1, 0.15) is 53.9 Å². The normalized spacial score (nSPS) is 14.4. The summed E-state index contributed by atoms with van der Waals surface area (Å²) < 4.78 is 19.2. The smallest absolute Gasteiger partial charge is 0.335 e. The number of ether oxygens (including phenoxy) is 3. The van der Waals surface area contributed by atoms with Gasteiger partial charge in [-0.25, -0.2) is 9.79 Å². The van der Waals surface area contributed by atoms with Crippen LogP contribution in [0.15, 0.2) is 87.8 Å². The third-order valence-electron chi connectivity index (χ3n) is 7.79. The predicted molar refractivity (Wildman–Crippen MR) is 175 cm³/mol. The maximum absolute atomic E-state index is 14.1. The van der Waals surface area contributed by atoms with Gasteiger partial charge >= 0.3 is 5.97 Å². The van der Waals surface area contributed by atoms with Gasteiger partial charge in [0.2, 0.25) is 0 Å². The summed E-state index contributed by atoms with van der Waals surface area (Å²) in [6, 6.07) is 18.5. The fraction of sp³-hybridized carbons (Fsp3) is 0.257. The summed E-state index contributed by atoms with van der Waals surface area (Å²) in [4.78, 5) is 46.3. The van der Waals surface area contributed by atoms with Crippen LogP contribution in [0.25, 0.3) is 6.08 Å². The second-order valence-electron chi connectivity index (χ2n) is 10.5. The van der Waals surface area contributed by atoms with Gasteiger partial charge < -0.3 is 24.2 Å².